The molecule has 0 aliphatic carbocycles. The fourth-order valence-electron chi connectivity index (χ4n) is 2.23. The summed E-state index contributed by atoms with van der Waals surface area (Å²) < 4.78 is 0. The van der Waals surface area contributed by atoms with Crippen molar-refractivity contribution in [3.8, 4) is 0 Å². The van der Waals surface area contributed by atoms with E-state index in [1.807, 2.05) is 30.3 Å². The number of hydrogen-bond donors (Lipinski definition) is 3. The molecule has 1 aliphatic heterocycles. The van der Waals surface area contributed by atoms with Gasteiger partial charge in [-0.25, -0.2) is 0 Å². The summed E-state index contributed by atoms with van der Waals surface area (Å²) in [6.07, 6.45) is 0. The van der Waals surface area contributed by atoms with Gasteiger partial charge in [0.25, 0.3) is 0 Å². The average molecular weight is 263 g/mol. The fourth-order valence-corrected chi connectivity index (χ4v) is 2.23. The number of hydrogen-bond acceptors (Lipinski definition) is 4. The van der Waals surface area contributed by atoms with Crippen molar-refractivity contribution >= 4 is 5.91 Å². The Hall–Kier alpha value is -1.43. The number of piperazine rings is 1. The van der Waals surface area contributed by atoms with E-state index in [0.717, 1.165) is 31.7 Å². The number of aliphatic hydroxyl groups excluding tert-OH is 1. The molecule has 0 spiro atoms. The Balaban J connectivity index is 1.85. The second-order valence-corrected chi connectivity index (χ2v) is 4.74. The van der Waals surface area contributed by atoms with Crippen LogP contribution in [0.1, 0.15) is 11.6 Å². The fraction of sp³-hybridized carbons (Fsp3) is 0.500. The molecule has 1 aliphatic rings. The Morgan fingerprint density at radius 1 is 1.32 bits per heavy atom. The number of rotatable bonds is 5. The molecule has 104 valence electrons. The molecule has 1 fully saturated rings. The first-order valence-electron chi connectivity index (χ1n) is 6.68. The van der Waals surface area contributed by atoms with Gasteiger partial charge in [0, 0.05) is 26.2 Å². The van der Waals surface area contributed by atoms with E-state index < -0.39 is 0 Å². The standard InChI is InChI=1S/C14H21N3O2/c18-11-13(12-4-2-1-3-5-12)16-14(19)10-17-8-6-15-7-9-17/h1-5,13,15,18H,6-11H2,(H,16,19). The van der Waals surface area contributed by atoms with Crippen LogP contribution in [0.2, 0.25) is 0 Å². The summed E-state index contributed by atoms with van der Waals surface area (Å²) >= 11 is 0. The number of benzene rings is 1. The third-order valence-corrected chi connectivity index (χ3v) is 3.30. The van der Waals surface area contributed by atoms with Crippen LogP contribution in [0.3, 0.4) is 0 Å². The maximum absolute atomic E-state index is 12.0. The predicted molar refractivity (Wildman–Crippen MR) is 73.7 cm³/mol. The molecule has 0 saturated carbocycles. The third-order valence-electron chi connectivity index (χ3n) is 3.30. The minimum absolute atomic E-state index is 0.0372. The Kier molecular flexibility index (Phi) is 5.32. The van der Waals surface area contributed by atoms with E-state index >= 15 is 0 Å². The van der Waals surface area contributed by atoms with Crippen LogP contribution in [0.15, 0.2) is 30.3 Å². The topological polar surface area (TPSA) is 64.6 Å². The summed E-state index contributed by atoms with van der Waals surface area (Å²) in [5, 5.41) is 15.5. The number of carbonyl (C=O) groups is 1. The average Bonchev–Trinajstić information content (AvgIpc) is 2.47. The molecule has 0 bridgehead atoms. The number of aliphatic hydroxyl groups is 1. The van der Waals surface area contributed by atoms with Gasteiger partial charge in [-0.15, -0.1) is 0 Å². The lowest BCUT2D eigenvalue weighted by atomic mass is 10.1. The van der Waals surface area contributed by atoms with Gasteiger partial charge in [-0.3, -0.25) is 9.69 Å². The zero-order chi connectivity index (χ0) is 13.5. The minimum Gasteiger partial charge on any atom is -0.394 e. The maximum Gasteiger partial charge on any atom is 0.234 e. The van der Waals surface area contributed by atoms with E-state index in [1.165, 1.54) is 0 Å². The van der Waals surface area contributed by atoms with Crippen LogP contribution >= 0.6 is 0 Å². The van der Waals surface area contributed by atoms with Gasteiger partial charge in [-0.1, -0.05) is 30.3 Å². The van der Waals surface area contributed by atoms with Crippen molar-refractivity contribution in [1.29, 1.82) is 0 Å². The van der Waals surface area contributed by atoms with Gasteiger partial charge >= 0.3 is 0 Å². The summed E-state index contributed by atoms with van der Waals surface area (Å²) in [5.41, 5.74) is 0.929. The summed E-state index contributed by atoms with van der Waals surface area (Å²) in [6, 6.07) is 9.22. The summed E-state index contributed by atoms with van der Waals surface area (Å²) in [4.78, 5) is 14.1. The Morgan fingerprint density at radius 2 is 2.00 bits per heavy atom. The minimum atomic E-state index is -0.323. The number of nitrogens with one attached hydrogen (secondary N) is 2. The molecule has 5 heteroatoms. The Bertz CT molecular complexity index is 391. The van der Waals surface area contributed by atoms with Crippen molar-refractivity contribution in [2.75, 3.05) is 39.3 Å². The smallest absolute Gasteiger partial charge is 0.234 e. The lowest BCUT2D eigenvalue weighted by molar-refractivity contribution is -0.123. The van der Waals surface area contributed by atoms with E-state index in [1.54, 1.807) is 0 Å². The van der Waals surface area contributed by atoms with E-state index in [9.17, 15) is 9.90 Å². The second-order valence-electron chi connectivity index (χ2n) is 4.74. The van der Waals surface area contributed by atoms with Crippen molar-refractivity contribution < 1.29 is 9.90 Å². The number of carbonyl (C=O) groups excluding carboxylic acids is 1. The van der Waals surface area contributed by atoms with Gasteiger partial charge in [-0.2, -0.15) is 0 Å². The molecule has 1 amide bonds. The molecule has 1 aromatic carbocycles. The molecular weight excluding hydrogens is 242 g/mol. The number of amides is 1. The highest BCUT2D eigenvalue weighted by molar-refractivity contribution is 5.78. The van der Waals surface area contributed by atoms with E-state index in [0.29, 0.717) is 6.54 Å². The highest BCUT2D eigenvalue weighted by Crippen LogP contribution is 2.11. The predicted octanol–water partition coefficient (Wildman–Crippen LogP) is -0.259. The van der Waals surface area contributed by atoms with E-state index in [4.69, 9.17) is 0 Å². The van der Waals surface area contributed by atoms with Gasteiger partial charge in [0.15, 0.2) is 0 Å². The van der Waals surface area contributed by atoms with Crippen molar-refractivity contribution in [2.24, 2.45) is 0 Å². The SMILES string of the molecule is O=C(CN1CCNCC1)NC(CO)c1ccccc1. The Morgan fingerprint density at radius 3 is 2.63 bits per heavy atom. The van der Waals surface area contributed by atoms with Crippen LogP contribution in [0.4, 0.5) is 0 Å². The Labute approximate surface area is 113 Å². The third kappa shape index (κ3) is 4.31. The van der Waals surface area contributed by atoms with Gasteiger partial charge in [-0.05, 0) is 5.56 Å². The first-order chi connectivity index (χ1) is 9.29. The molecule has 1 atom stereocenters. The lowest BCUT2D eigenvalue weighted by Crippen LogP contribution is -2.48. The number of nitrogens with zero attached hydrogens (tertiary/aromatic N) is 1. The quantitative estimate of drug-likeness (QED) is 0.685. The van der Waals surface area contributed by atoms with E-state index in [-0.39, 0.29) is 18.6 Å². The molecule has 5 nitrogen and oxygen atoms in total. The normalized spacial score (nSPS) is 17.9. The van der Waals surface area contributed by atoms with Crippen LogP contribution in [0, 0.1) is 0 Å². The zero-order valence-corrected chi connectivity index (χ0v) is 11.0. The molecule has 19 heavy (non-hydrogen) atoms. The van der Waals surface area contributed by atoms with Crippen molar-refractivity contribution in [1.82, 2.24) is 15.5 Å². The molecule has 1 aromatic rings. The van der Waals surface area contributed by atoms with Gasteiger partial charge in [0.05, 0.1) is 19.2 Å². The second kappa shape index (κ2) is 7.23. The molecule has 0 aromatic heterocycles. The summed E-state index contributed by atoms with van der Waals surface area (Å²) in [6.45, 7) is 3.94. The largest absolute Gasteiger partial charge is 0.394 e. The lowest BCUT2D eigenvalue weighted by Gasteiger charge is -2.27. The van der Waals surface area contributed by atoms with Crippen molar-refractivity contribution in [2.45, 2.75) is 6.04 Å². The summed E-state index contributed by atoms with van der Waals surface area (Å²) in [5.74, 6) is -0.0372. The molecular formula is C14H21N3O2. The molecule has 3 N–H and O–H groups in total. The van der Waals surface area contributed by atoms with Gasteiger partial charge < -0.3 is 15.7 Å². The van der Waals surface area contributed by atoms with Crippen molar-refractivity contribution in [3.05, 3.63) is 35.9 Å². The monoisotopic (exact) mass is 263 g/mol. The molecule has 1 heterocycles. The van der Waals surface area contributed by atoms with Crippen LogP contribution < -0.4 is 10.6 Å². The van der Waals surface area contributed by atoms with Crippen LogP contribution in [-0.4, -0.2) is 55.2 Å². The van der Waals surface area contributed by atoms with Gasteiger partial charge in [0.2, 0.25) is 5.91 Å². The van der Waals surface area contributed by atoms with Crippen molar-refractivity contribution in [3.63, 3.8) is 0 Å². The highest BCUT2D eigenvalue weighted by atomic mass is 16.3. The molecule has 1 saturated heterocycles. The molecule has 1 unspecified atom stereocenters. The van der Waals surface area contributed by atoms with E-state index in [2.05, 4.69) is 15.5 Å². The first kappa shape index (κ1) is 14.0. The first-order valence-corrected chi connectivity index (χ1v) is 6.68. The van der Waals surface area contributed by atoms with Crippen LogP contribution in [-0.2, 0) is 4.79 Å². The van der Waals surface area contributed by atoms with Gasteiger partial charge in [0.1, 0.15) is 0 Å². The molecule has 2 rings (SSSR count). The maximum atomic E-state index is 12.0. The van der Waals surface area contributed by atoms with Crippen LogP contribution in [0.25, 0.3) is 0 Å². The zero-order valence-electron chi connectivity index (χ0n) is 11.0. The molecule has 0 radical (unpaired) electrons. The van der Waals surface area contributed by atoms with Crippen LogP contribution in [0.5, 0.6) is 0 Å². The summed E-state index contributed by atoms with van der Waals surface area (Å²) in [7, 11) is 0. The highest BCUT2D eigenvalue weighted by Gasteiger charge is 2.17.